The zero-order valence-electron chi connectivity index (χ0n) is 8.88. The summed E-state index contributed by atoms with van der Waals surface area (Å²) in [6.07, 6.45) is -4.35. The zero-order valence-corrected chi connectivity index (χ0v) is 9.69. The molecule has 90 valence electrons. The van der Waals surface area contributed by atoms with Crippen LogP contribution in [0.1, 0.15) is 12.5 Å². The number of benzene rings is 1. The lowest BCUT2D eigenvalue weighted by Gasteiger charge is -2.07. The van der Waals surface area contributed by atoms with Crippen LogP contribution in [0.15, 0.2) is 39.8 Å². The molecule has 0 amide bonds. The molecule has 2 nitrogen and oxygen atoms in total. The van der Waals surface area contributed by atoms with Gasteiger partial charge in [-0.25, -0.2) is 0 Å². The van der Waals surface area contributed by atoms with Gasteiger partial charge in [0, 0.05) is 10.6 Å². The van der Waals surface area contributed by atoms with E-state index in [-0.39, 0.29) is 4.91 Å². The van der Waals surface area contributed by atoms with Crippen molar-refractivity contribution >= 4 is 11.8 Å². The van der Waals surface area contributed by atoms with Crippen molar-refractivity contribution in [1.82, 2.24) is 0 Å². The van der Waals surface area contributed by atoms with Gasteiger partial charge in [-0.1, -0.05) is 11.8 Å². The molecule has 0 radical (unpaired) electrons. The lowest BCUT2D eigenvalue weighted by molar-refractivity contribution is -0.137. The van der Waals surface area contributed by atoms with Crippen molar-refractivity contribution in [2.75, 3.05) is 0 Å². The van der Waals surface area contributed by atoms with Crippen LogP contribution in [-0.4, -0.2) is 0 Å². The standard InChI is InChI=1S/C11H9F3N2S/c1-7(16)10(6-15)17-9-4-2-8(3-5-9)11(12,13)14/h2-5H,16H2,1H3/b10-7-. The van der Waals surface area contributed by atoms with E-state index in [0.29, 0.717) is 10.6 Å². The van der Waals surface area contributed by atoms with Gasteiger partial charge < -0.3 is 5.73 Å². The minimum absolute atomic E-state index is 0.282. The fraction of sp³-hybridized carbons (Fsp3) is 0.182. The highest BCUT2D eigenvalue weighted by molar-refractivity contribution is 8.03. The van der Waals surface area contributed by atoms with Crippen molar-refractivity contribution < 1.29 is 13.2 Å². The molecule has 0 heterocycles. The first-order chi connectivity index (χ1) is 7.84. The van der Waals surface area contributed by atoms with Gasteiger partial charge in [-0.3, -0.25) is 0 Å². The van der Waals surface area contributed by atoms with Gasteiger partial charge in [-0.2, -0.15) is 18.4 Å². The molecule has 0 bridgehead atoms. The Morgan fingerprint density at radius 2 is 1.82 bits per heavy atom. The summed E-state index contributed by atoms with van der Waals surface area (Å²) in [7, 11) is 0. The predicted octanol–water partition coefficient (Wildman–Crippen LogP) is 3.51. The molecule has 0 aliphatic rings. The van der Waals surface area contributed by atoms with Crippen molar-refractivity contribution in [3.63, 3.8) is 0 Å². The van der Waals surface area contributed by atoms with Gasteiger partial charge in [0.05, 0.1) is 5.56 Å². The number of nitrogens with two attached hydrogens (primary N) is 1. The summed E-state index contributed by atoms with van der Waals surface area (Å²) in [5.41, 5.74) is 5.08. The maximum Gasteiger partial charge on any atom is 0.416 e. The van der Waals surface area contributed by atoms with Gasteiger partial charge >= 0.3 is 6.18 Å². The first-order valence-corrected chi connectivity index (χ1v) is 5.38. The summed E-state index contributed by atoms with van der Waals surface area (Å²) in [4.78, 5) is 0.823. The number of hydrogen-bond donors (Lipinski definition) is 1. The van der Waals surface area contributed by atoms with E-state index in [0.717, 1.165) is 23.9 Å². The second-order valence-corrected chi connectivity index (χ2v) is 4.33. The molecule has 0 fully saturated rings. The van der Waals surface area contributed by atoms with Crippen LogP contribution in [0, 0.1) is 11.3 Å². The highest BCUT2D eigenvalue weighted by Crippen LogP contribution is 2.32. The Bertz CT molecular complexity index is 465. The molecule has 0 aliphatic carbocycles. The van der Waals surface area contributed by atoms with Crippen molar-refractivity contribution in [3.8, 4) is 6.07 Å². The maximum absolute atomic E-state index is 12.3. The summed E-state index contributed by atoms with van der Waals surface area (Å²) >= 11 is 1.04. The lowest BCUT2D eigenvalue weighted by atomic mass is 10.2. The number of hydrogen-bond acceptors (Lipinski definition) is 3. The maximum atomic E-state index is 12.3. The number of alkyl halides is 3. The molecule has 0 unspecified atom stereocenters. The third-order valence-corrected chi connectivity index (χ3v) is 2.99. The van der Waals surface area contributed by atoms with E-state index in [2.05, 4.69) is 0 Å². The van der Waals surface area contributed by atoms with Crippen LogP contribution in [0.5, 0.6) is 0 Å². The third kappa shape index (κ3) is 3.71. The number of allylic oxidation sites excluding steroid dienone is 2. The van der Waals surface area contributed by atoms with Crippen molar-refractivity contribution in [3.05, 3.63) is 40.4 Å². The number of thioether (sulfide) groups is 1. The van der Waals surface area contributed by atoms with E-state index < -0.39 is 11.7 Å². The summed E-state index contributed by atoms with van der Waals surface area (Å²) < 4.78 is 36.9. The number of nitriles is 1. The average molecular weight is 258 g/mol. The van der Waals surface area contributed by atoms with Crippen LogP contribution in [0.25, 0.3) is 0 Å². The first-order valence-electron chi connectivity index (χ1n) is 4.56. The minimum Gasteiger partial charge on any atom is -0.401 e. The lowest BCUT2D eigenvalue weighted by Crippen LogP contribution is -2.03. The molecule has 0 saturated heterocycles. The molecule has 0 aliphatic heterocycles. The average Bonchev–Trinajstić information content (AvgIpc) is 2.25. The molecular weight excluding hydrogens is 249 g/mol. The Morgan fingerprint density at radius 3 is 2.18 bits per heavy atom. The largest absolute Gasteiger partial charge is 0.416 e. The predicted molar refractivity (Wildman–Crippen MR) is 59.8 cm³/mol. The molecule has 0 aromatic heterocycles. The van der Waals surface area contributed by atoms with E-state index in [1.165, 1.54) is 12.1 Å². The Morgan fingerprint density at radius 1 is 1.29 bits per heavy atom. The monoisotopic (exact) mass is 258 g/mol. The molecule has 2 N–H and O–H groups in total. The van der Waals surface area contributed by atoms with Crippen LogP contribution in [0.2, 0.25) is 0 Å². The number of halogens is 3. The highest BCUT2D eigenvalue weighted by Gasteiger charge is 2.29. The normalized spacial score (nSPS) is 12.9. The fourth-order valence-electron chi connectivity index (χ4n) is 1.02. The van der Waals surface area contributed by atoms with Crippen LogP contribution < -0.4 is 5.73 Å². The fourth-order valence-corrected chi connectivity index (χ4v) is 1.74. The molecule has 1 rings (SSSR count). The third-order valence-electron chi connectivity index (χ3n) is 1.86. The molecule has 6 heteroatoms. The Labute approximate surface area is 101 Å². The van der Waals surface area contributed by atoms with Gasteiger partial charge in [0.2, 0.25) is 0 Å². The Kier molecular flexibility index (Phi) is 4.07. The number of rotatable bonds is 2. The molecule has 0 spiro atoms. The van der Waals surface area contributed by atoms with Gasteiger partial charge in [-0.05, 0) is 31.2 Å². The van der Waals surface area contributed by atoms with E-state index in [1.807, 2.05) is 6.07 Å². The SMILES string of the molecule is C/C(N)=C(\C#N)Sc1ccc(C(F)(F)F)cc1. The zero-order chi connectivity index (χ0) is 13.1. The molecule has 1 aromatic rings. The molecule has 0 saturated carbocycles. The van der Waals surface area contributed by atoms with Crippen molar-refractivity contribution in [2.24, 2.45) is 5.73 Å². The number of nitrogens with zero attached hydrogens (tertiary/aromatic N) is 1. The van der Waals surface area contributed by atoms with Crippen LogP contribution in [0.3, 0.4) is 0 Å². The summed E-state index contributed by atoms with van der Waals surface area (Å²) in [5, 5.41) is 8.75. The Hall–Kier alpha value is -1.61. The van der Waals surface area contributed by atoms with E-state index in [9.17, 15) is 13.2 Å². The van der Waals surface area contributed by atoms with E-state index in [1.54, 1.807) is 6.92 Å². The van der Waals surface area contributed by atoms with Gasteiger partial charge in [0.25, 0.3) is 0 Å². The molecule has 0 atom stereocenters. The van der Waals surface area contributed by atoms with Crippen LogP contribution >= 0.6 is 11.8 Å². The summed E-state index contributed by atoms with van der Waals surface area (Å²) in [5.74, 6) is 0. The second-order valence-electron chi connectivity index (χ2n) is 3.25. The molecule has 1 aromatic carbocycles. The summed E-state index contributed by atoms with van der Waals surface area (Å²) in [6.45, 7) is 1.57. The van der Waals surface area contributed by atoms with Crippen molar-refractivity contribution in [1.29, 1.82) is 5.26 Å². The minimum atomic E-state index is -4.35. The highest BCUT2D eigenvalue weighted by atomic mass is 32.2. The topological polar surface area (TPSA) is 49.8 Å². The quantitative estimate of drug-likeness (QED) is 0.652. The Balaban J connectivity index is 2.91. The molecular formula is C11H9F3N2S. The van der Waals surface area contributed by atoms with Gasteiger partial charge in [-0.15, -0.1) is 0 Å². The van der Waals surface area contributed by atoms with Gasteiger partial charge in [0.15, 0.2) is 0 Å². The van der Waals surface area contributed by atoms with Gasteiger partial charge in [0.1, 0.15) is 11.0 Å². The molecule has 17 heavy (non-hydrogen) atoms. The van der Waals surface area contributed by atoms with Crippen LogP contribution in [-0.2, 0) is 6.18 Å². The van der Waals surface area contributed by atoms with Crippen LogP contribution in [0.4, 0.5) is 13.2 Å². The van der Waals surface area contributed by atoms with E-state index >= 15 is 0 Å². The van der Waals surface area contributed by atoms with Crippen molar-refractivity contribution in [2.45, 2.75) is 18.0 Å². The van der Waals surface area contributed by atoms with E-state index in [4.69, 9.17) is 11.0 Å². The first kappa shape index (κ1) is 13.5. The smallest absolute Gasteiger partial charge is 0.401 e. The second kappa shape index (κ2) is 5.15. The summed E-state index contributed by atoms with van der Waals surface area (Å²) in [6, 6.07) is 6.47.